The first-order chi connectivity index (χ1) is 14.8. The Morgan fingerprint density at radius 3 is 2.35 bits per heavy atom. The van der Waals surface area contributed by atoms with E-state index < -0.39 is 28.0 Å². The molecule has 8 nitrogen and oxygen atoms in total. The molecule has 1 atom stereocenters. The molecule has 3 aromatic rings. The number of anilines is 1. The maximum Gasteiger partial charge on any atom is 0.276 e. The van der Waals surface area contributed by atoms with Gasteiger partial charge in [0.1, 0.15) is 6.17 Å². The van der Waals surface area contributed by atoms with Crippen molar-refractivity contribution in [1.29, 1.82) is 0 Å². The van der Waals surface area contributed by atoms with Crippen molar-refractivity contribution < 1.29 is 18.0 Å². The smallest absolute Gasteiger partial charge is 0.276 e. The third-order valence-electron chi connectivity index (χ3n) is 4.77. The molecule has 10 heteroatoms. The fraction of sp³-hybridized carbons (Fsp3) is 0.0476. The first-order valence-corrected chi connectivity index (χ1v) is 11.1. The van der Waals surface area contributed by atoms with Gasteiger partial charge in [0.25, 0.3) is 11.8 Å². The zero-order valence-electron chi connectivity index (χ0n) is 15.9. The Morgan fingerprint density at radius 1 is 1.00 bits per heavy atom. The Kier molecular flexibility index (Phi) is 5.40. The van der Waals surface area contributed by atoms with E-state index in [9.17, 15) is 18.0 Å². The molecule has 4 N–H and O–H groups in total. The van der Waals surface area contributed by atoms with E-state index in [1.54, 1.807) is 48.5 Å². The van der Waals surface area contributed by atoms with Crippen molar-refractivity contribution >= 4 is 39.1 Å². The van der Waals surface area contributed by atoms with Crippen LogP contribution >= 0.6 is 11.6 Å². The monoisotopic (exact) mass is 456 g/mol. The molecule has 0 bridgehead atoms. The van der Waals surface area contributed by atoms with Crippen molar-refractivity contribution in [3.63, 3.8) is 0 Å². The summed E-state index contributed by atoms with van der Waals surface area (Å²) in [6.45, 7) is 0. The number of nitrogens with zero attached hydrogens (tertiary/aromatic N) is 1. The number of rotatable bonds is 4. The van der Waals surface area contributed by atoms with Crippen LogP contribution in [0.3, 0.4) is 0 Å². The van der Waals surface area contributed by atoms with Gasteiger partial charge in [-0.1, -0.05) is 48.0 Å². The van der Waals surface area contributed by atoms with Crippen LogP contribution in [0.5, 0.6) is 0 Å². The number of para-hydroxylation sites is 1. The second kappa shape index (κ2) is 8.03. The number of halogens is 1. The molecule has 158 valence electrons. The molecule has 0 aliphatic carbocycles. The van der Waals surface area contributed by atoms with Crippen LogP contribution in [-0.2, 0) is 10.0 Å². The fourth-order valence-electron chi connectivity index (χ4n) is 3.32. The molecular weight excluding hydrogens is 440 g/mol. The van der Waals surface area contributed by atoms with E-state index in [1.807, 2.05) is 0 Å². The zero-order chi connectivity index (χ0) is 22.2. The highest BCUT2D eigenvalue weighted by atomic mass is 35.5. The number of amides is 2. The molecule has 1 aliphatic rings. The molecule has 0 saturated carbocycles. The summed E-state index contributed by atoms with van der Waals surface area (Å²) in [5.74, 6) is -1.26. The first-order valence-electron chi connectivity index (χ1n) is 9.13. The summed E-state index contributed by atoms with van der Waals surface area (Å²) in [5, 5.41) is 10.1. The number of primary sulfonamides is 1. The predicted octanol–water partition coefficient (Wildman–Crippen LogP) is 2.90. The Bertz CT molecular complexity index is 1280. The second-order valence-electron chi connectivity index (χ2n) is 6.80. The fourth-order valence-corrected chi connectivity index (χ4v) is 4.18. The van der Waals surface area contributed by atoms with Crippen LogP contribution in [0, 0.1) is 0 Å². The van der Waals surface area contributed by atoms with Crippen molar-refractivity contribution in [2.45, 2.75) is 11.1 Å². The van der Waals surface area contributed by atoms with Gasteiger partial charge in [-0.3, -0.25) is 15.0 Å². The molecule has 31 heavy (non-hydrogen) atoms. The number of benzene rings is 3. The van der Waals surface area contributed by atoms with Crippen molar-refractivity contribution in [1.82, 2.24) is 10.4 Å². The van der Waals surface area contributed by atoms with E-state index in [0.29, 0.717) is 21.8 Å². The summed E-state index contributed by atoms with van der Waals surface area (Å²) in [6, 6.07) is 19.2. The maximum absolute atomic E-state index is 13.2. The second-order valence-corrected chi connectivity index (χ2v) is 8.77. The van der Waals surface area contributed by atoms with Gasteiger partial charge in [0.05, 0.1) is 16.0 Å². The van der Waals surface area contributed by atoms with E-state index in [4.69, 9.17) is 16.7 Å². The Labute approximate surface area is 183 Å². The molecular formula is C21H17ClN4O4S. The summed E-state index contributed by atoms with van der Waals surface area (Å²) in [4.78, 5) is 25.9. The average molecular weight is 457 g/mol. The third kappa shape index (κ3) is 4.11. The lowest BCUT2D eigenvalue weighted by molar-refractivity contribution is 0.0489. The number of hydrazine groups is 1. The maximum atomic E-state index is 13.2. The number of sulfonamides is 1. The van der Waals surface area contributed by atoms with Crippen molar-refractivity contribution in [2.75, 3.05) is 5.32 Å². The number of hydrogen-bond acceptors (Lipinski definition) is 5. The SMILES string of the molecule is NS(=O)(=O)c1ccccc1C(=O)NN1C(=O)c2ccccc2NC1c1ccc(Cl)cc1. The van der Waals surface area contributed by atoms with Crippen LogP contribution in [0.2, 0.25) is 5.02 Å². The van der Waals surface area contributed by atoms with E-state index in [-0.39, 0.29) is 10.5 Å². The number of carbonyl (C=O) groups excluding carboxylic acids is 2. The van der Waals surface area contributed by atoms with Crippen molar-refractivity contribution in [3.05, 3.63) is 94.5 Å². The molecule has 4 rings (SSSR count). The molecule has 1 unspecified atom stereocenters. The summed E-state index contributed by atoms with van der Waals surface area (Å²) in [7, 11) is -4.15. The summed E-state index contributed by atoms with van der Waals surface area (Å²) < 4.78 is 23.8. The Balaban J connectivity index is 1.75. The van der Waals surface area contributed by atoms with Gasteiger partial charge in [-0.15, -0.1) is 0 Å². The lowest BCUT2D eigenvalue weighted by atomic mass is 10.0. The first kappa shape index (κ1) is 20.9. The van der Waals surface area contributed by atoms with Gasteiger partial charge in [0, 0.05) is 10.7 Å². The van der Waals surface area contributed by atoms with Gasteiger partial charge >= 0.3 is 0 Å². The van der Waals surface area contributed by atoms with E-state index in [2.05, 4.69) is 10.7 Å². The highest BCUT2D eigenvalue weighted by Gasteiger charge is 2.35. The Hall–Kier alpha value is -3.40. The number of nitrogens with two attached hydrogens (primary N) is 1. The van der Waals surface area contributed by atoms with Gasteiger partial charge in [-0.05, 0) is 42.0 Å². The summed E-state index contributed by atoms with van der Waals surface area (Å²) in [5.41, 5.74) is 3.97. The van der Waals surface area contributed by atoms with Crippen LogP contribution < -0.4 is 15.9 Å². The highest BCUT2D eigenvalue weighted by Crippen LogP contribution is 2.32. The van der Waals surface area contributed by atoms with E-state index in [1.165, 1.54) is 24.3 Å². The molecule has 0 fully saturated rings. The number of carbonyl (C=O) groups is 2. The van der Waals surface area contributed by atoms with Crippen molar-refractivity contribution in [3.8, 4) is 0 Å². The van der Waals surface area contributed by atoms with E-state index in [0.717, 1.165) is 5.01 Å². The van der Waals surface area contributed by atoms with Crippen LogP contribution in [0.4, 0.5) is 5.69 Å². The van der Waals surface area contributed by atoms with Crippen LogP contribution in [-0.4, -0.2) is 25.2 Å². The highest BCUT2D eigenvalue weighted by molar-refractivity contribution is 7.89. The van der Waals surface area contributed by atoms with Crippen LogP contribution in [0.15, 0.2) is 77.7 Å². The number of fused-ring (bicyclic) bond motifs is 1. The van der Waals surface area contributed by atoms with Gasteiger partial charge in [0.15, 0.2) is 0 Å². The van der Waals surface area contributed by atoms with Crippen molar-refractivity contribution in [2.24, 2.45) is 5.14 Å². The quantitative estimate of drug-likeness (QED) is 0.557. The molecule has 0 saturated heterocycles. The normalized spacial score (nSPS) is 15.7. The third-order valence-corrected chi connectivity index (χ3v) is 5.99. The zero-order valence-corrected chi connectivity index (χ0v) is 17.5. The number of nitrogens with one attached hydrogen (secondary N) is 2. The lowest BCUT2D eigenvalue weighted by Crippen LogP contribution is -2.53. The standard InChI is InChI=1S/C21H17ClN4O4S/c22-14-11-9-13(10-12-14)19-24-17-7-3-1-5-15(17)21(28)26(19)25-20(27)16-6-2-4-8-18(16)31(23,29)30/h1-12,19,24H,(H,25,27)(H2,23,29,30). The van der Waals surface area contributed by atoms with Gasteiger partial charge in [0.2, 0.25) is 10.0 Å². The molecule has 2 amide bonds. The van der Waals surface area contributed by atoms with Gasteiger partial charge in [-0.2, -0.15) is 0 Å². The minimum absolute atomic E-state index is 0.175. The van der Waals surface area contributed by atoms with E-state index >= 15 is 0 Å². The molecule has 1 aliphatic heterocycles. The lowest BCUT2D eigenvalue weighted by Gasteiger charge is -2.37. The molecule has 0 spiro atoms. The molecule has 0 radical (unpaired) electrons. The van der Waals surface area contributed by atoms with Gasteiger partial charge in [-0.25, -0.2) is 18.6 Å². The van der Waals surface area contributed by atoms with Gasteiger partial charge < -0.3 is 5.32 Å². The molecule has 0 aromatic heterocycles. The van der Waals surface area contributed by atoms with Crippen LogP contribution in [0.1, 0.15) is 32.4 Å². The Morgan fingerprint density at radius 2 is 1.65 bits per heavy atom. The largest absolute Gasteiger partial charge is 0.359 e. The topological polar surface area (TPSA) is 122 Å². The summed E-state index contributed by atoms with van der Waals surface area (Å²) in [6.07, 6.45) is -0.759. The summed E-state index contributed by atoms with van der Waals surface area (Å²) >= 11 is 5.98. The minimum Gasteiger partial charge on any atom is -0.359 e. The van der Waals surface area contributed by atoms with Crippen LogP contribution in [0.25, 0.3) is 0 Å². The molecule has 1 heterocycles. The number of hydrogen-bond donors (Lipinski definition) is 3. The average Bonchev–Trinajstić information content (AvgIpc) is 2.75. The minimum atomic E-state index is -4.15. The predicted molar refractivity (Wildman–Crippen MR) is 116 cm³/mol. The molecule has 3 aromatic carbocycles.